The summed E-state index contributed by atoms with van der Waals surface area (Å²) in [5.74, 6) is -0.0970. The van der Waals surface area contributed by atoms with Crippen molar-refractivity contribution in [3.8, 4) is 0 Å². The fourth-order valence-electron chi connectivity index (χ4n) is 1.89. The predicted molar refractivity (Wildman–Crippen MR) is 63.5 cm³/mol. The number of imide groups is 1. The Labute approximate surface area is 109 Å². The summed E-state index contributed by atoms with van der Waals surface area (Å²) in [7, 11) is 0. The molecule has 3 amide bonds. The highest BCUT2D eigenvalue weighted by Crippen LogP contribution is 2.12. The van der Waals surface area contributed by atoms with Crippen molar-refractivity contribution < 1.29 is 14.4 Å². The number of hydrogen-bond acceptors (Lipinski definition) is 5. The lowest BCUT2D eigenvalue weighted by Crippen LogP contribution is -2.35. The van der Waals surface area contributed by atoms with E-state index < -0.39 is 0 Å². The second kappa shape index (κ2) is 5.59. The molecule has 0 spiro atoms. The van der Waals surface area contributed by atoms with E-state index in [-0.39, 0.29) is 49.6 Å². The van der Waals surface area contributed by atoms with Crippen LogP contribution in [-0.2, 0) is 14.4 Å². The van der Waals surface area contributed by atoms with E-state index in [0.717, 1.165) is 4.90 Å². The van der Waals surface area contributed by atoms with Crippen LogP contribution < -0.4 is 5.32 Å². The molecule has 1 aromatic rings. The van der Waals surface area contributed by atoms with Gasteiger partial charge in [-0.25, -0.2) is 4.98 Å². The molecule has 2 N–H and O–H groups in total. The summed E-state index contributed by atoms with van der Waals surface area (Å²) in [5, 5.41) is 9.07. The summed E-state index contributed by atoms with van der Waals surface area (Å²) in [4.78, 5) is 39.5. The molecule has 0 radical (unpaired) electrons. The van der Waals surface area contributed by atoms with Gasteiger partial charge >= 0.3 is 0 Å². The standard InChI is InChI=1S/C11H15N5O3/c1-7(11-12-6-13-15-11)14-8(17)4-5-16-9(18)2-3-10(16)19/h6-7H,2-5H2,1H3,(H,14,17)(H,12,13,15). The maximum atomic E-state index is 11.7. The lowest BCUT2D eigenvalue weighted by Gasteiger charge is -2.15. The second-order valence-corrected chi connectivity index (χ2v) is 4.35. The van der Waals surface area contributed by atoms with Crippen LogP contribution in [0.15, 0.2) is 6.33 Å². The molecule has 19 heavy (non-hydrogen) atoms. The quantitative estimate of drug-likeness (QED) is 0.699. The van der Waals surface area contributed by atoms with Crippen molar-refractivity contribution in [2.45, 2.75) is 32.2 Å². The van der Waals surface area contributed by atoms with Crippen LogP contribution in [0.25, 0.3) is 0 Å². The van der Waals surface area contributed by atoms with Crippen molar-refractivity contribution >= 4 is 17.7 Å². The van der Waals surface area contributed by atoms with Crippen molar-refractivity contribution in [1.29, 1.82) is 0 Å². The van der Waals surface area contributed by atoms with Crippen molar-refractivity contribution in [2.24, 2.45) is 0 Å². The average molecular weight is 265 g/mol. The van der Waals surface area contributed by atoms with E-state index in [9.17, 15) is 14.4 Å². The number of hydrogen-bond donors (Lipinski definition) is 2. The van der Waals surface area contributed by atoms with Gasteiger partial charge in [-0.1, -0.05) is 0 Å². The van der Waals surface area contributed by atoms with Gasteiger partial charge in [0.1, 0.15) is 12.2 Å². The summed E-state index contributed by atoms with van der Waals surface area (Å²) < 4.78 is 0. The third kappa shape index (κ3) is 3.15. The van der Waals surface area contributed by atoms with Gasteiger partial charge in [0.05, 0.1) is 6.04 Å². The number of amides is 3. The summed E-state index contributed by atoms with van der Waals surface area (Å²) in [6.07, 6.45) is 1.94. The van der Waals surface area contributed by atoms with Crippen LogP contribution in [0.3, 0.4) is 0 Å². The van der Waals surface area contributed by atoms with E-state index in [1.807, 2.05) is 0 Å². The molecule has 2 heterocycles. The number of carbonyl (C=O) groups is 3. The zero-order chi connectivity index (χ0) is 13.8. The molecule has 0 saturated carbocycles. The predicted octanol–water partition coefficient (Wildman–Crippen LogP) is -0.479. The lowest BCUT2D eigenvalue weighted by molar-refractivity contribution is -0.138. The Hall–Kier alpha value is -2.25. The van der Waals surface area contributed by atoms with Gasteiger partial charge in [-0.05, 0) is 6.92 Å². The maximum Gasteiger partial charge on any atom is 0.229 e. The first-order valence-corrected chi connectivity index (χ1v) is 6.05. The Bertz CT molecular complexity index is 469. The van der Waals surface area contributed by atoms with Gasteiger partial charge in [0.25, 0.3) is 0 Å². The van der Waals surface area contributed by atoms with Gasteiger partial charge in [-0.15, -0.1) is 0 Å². The summed E-state index contributed by atoms with van der Waals surface area (Å²) >= 11 is 0. The first kappa shape index (κ1) is 13.2. The maximum absolute atomic E-state index is 11.7. The molecule has 1 fully saturated rings. The number of carbonyl (C=O) groups excluding carboxylic acids is 3. The van der Waals surface area contributed by atoms with Gasteiger partial charge < -0.3 is 5.32 Å². The van der Waals surface area contributed by atoms with E-state index in [4.69, 9.17) is 0 Å². The number of rotatable bonds is 5. The van der Waals surface area contributed by atoms with E-state index in [2.05, 4.69) is 20.5 Å². The number of aromatic nitrogens is 3. The largest absolute Gasteiger partial charge is 0.346 e. The zero-order valence-corrected chi connectivity index (χ0v) is 10.5. The van der Waals surface area contributed by atoms with Crippen LogP contribution >= 0.6 is 0 Å². The highest BCUT2D eigenvalue weighted by Gasteiger charge is 2.28. The van der Waals surface area contributed by atoms with Crippen LogP contribution in [0.5, 0.6) is 0 Å². The molecular formula is C11H15N5O3. The van der Waals surface area contributed by atoms with Gasteiger partial charge in [0.15, 0.2) is 0 Å². The number of nitrogens with one attached hydrogen (secondary N) is 2. The molecule has 8 heteroatoms. The van der Waals surface area contributed by atoms with Crippen molar-refractivity contribution in [3.63, 3.8) is 0 Å². The van der Waals surface area contributed by atoms with Gasteiger partial charge in [0, 0.05) is 25.8 Å². The molecule has 1 atom stereocenters. The molecule has 1 aromatic heterocycles. The lowest BCUT2D eigenvalue weighted by atomic mass is 10.3. The fourth-order valence-corrected chi connectivity index (χ4v) is 1.89. The topological polar surface area (TPSA) is 108 Å². The Morgan fingerprint density at radius 2 is 2.16 bits per heavy atom. The molecule has 1 saturated heterocycles. The van der Waals surface area contributed by atoms with Crippen LogP contribution in [-0.4, -0.2) is 44.3 Å². The van der Waals surface area contributed by atoms with Crippen LogP contribution in [0.4, 0.5) is 0 Å². The molecule has 0 aliphatic carbocycles. The average Bonchev–Trinajstić information content (AvgIpc) is 2.98. The van der Waals surface area contributed by atoms with Crippen LogP contribution in [0, 0.1) is 0 Å². The van der Waals surface area contributed by atoms with Gasteiger partial charge in [-0.3, -0.25) is 24.4 Å². The van der Waals surface area contributed by atoms with E-state index in [0.29, 0.717) is 5.82 Å². The Morgan fingerprint density at radius 1 is 1.47 bits per heavy atom. The Morgan fingerprint density at radius 3 is 2.74 bits per heavy atom. The summed E-state index contributed by atoms with van der Waals surface area (Å²) in [6.45, 7) is 1.90. The minimum atomic E-state index is -0.292. The number of nitrogens with zero attached hydrogens (tertiary/aromatic N) is 3. The number of aromatic amines is 1. The molecule has 0 aromatic carbocycles. The summed E-state index contributed by atoms with van der Waals surface area (Å²) in [5.41, 5.74) is 0. The number of H-pyrrole nitrogens is 1. The molecule has 1 unspecified atom stereocenters. The minimum absolute atomic E-state index is 0.0932. The van der Waals surface area contributed by atoms with E-state index in [1.165, 1.54) is 6.33 Å². The van der Waals surface area contributed by atoms with Crippen LogP contribution in [0.2, 0.25) is 0 Å². The third-order valence-electron chi connectivity index (χ3n) is 2.94. The molecule has 8 nitrogen and oxygen atoms in total. The van der Waals surface area contributed by atoms with E-state index >= 15 is 0 Å². The van der Waals surface area contributed by atoms with Crippen molar-refractivity contribution in [3.05, 3.63) is 12.2 Å². The normalized spacial score (nSPS) is 16.8. The first-order chi connectivity index (χ1) is 9.08. The molecular weight excluding hydrogens is 250 g/mol. The molecule has 102 valence electrons. The number of likely N-dealkylation sites (tertiary alicyclic amines) is 1. The Kier molecular flexibility index (Phi) is 3.88. The van der Waals surface area contributed by atoms with Crippen LogP contribution in [0.1, 0.15) is 38.1 Å². The third-order valence-corrected chi connectivity index (χ3v) is 2.94. The summed E-state index contributed by atoms with van der Waals surface area (Å²) in [6, 6.07) is -0.292. The fraction of sp³-hybridized carbons (Fsp3) is 0.545. The smallest absolute Gasteiger partial charge is 0.229 e. The van der Waals surface area contributed by atoms with Crippen molar-refractivity contribution in [2.75, 3.05) is 6.54 Å². The van der Waals surface area contributed by atoms with Gasteiger partial charge in [-0.2, -0.15) is 5.10 Å². The van der Waals surface area contributed by atoms with Gasteiger partial charge in [0.2, 0.25) is 17.7 Å². The minimum Gasteiger partial charge on any atom is -0.346 e. The van der Waals surface area contributed by atoms with Crippen molar-refractivity contribution in [1.82, 2.24) is 25.4 Å². The second-order valence-electron chi connectivity index (χ2n) is 4.35. The molecule has 1 aliphatic heterocycles. The molecule has 2 rings (SSSR count). The SMILES string of the molecule is CC(NC(=O)CCN1C(=O)CCC1=O)c1ncn[nH]1. The zero-order valence-electron chi connectivity index (χ0n) is 10.5. The molecule has 0 bridgehead atoms. The van der Waals surface area contributed by atoms with E-state index in [1.54, 1.807) is 6.92 Å². The first-order valence-electron chi connectivity index (χ1n) is 6.05. The molecule has 1 aliphatic rings. The highest BCUT2D eigenvalue weighted by molar-refractivity contribution is 6.02. The highest BCUT2D eigenvalue weighted by atomic mass is 16.2. The monoisotopic (exact) mass is 265 g/mol. The Balaban J connectivity index is 1.79.